The second-order valence-electron chi connectivity index (χ2n) is 8.19. The van der Waals surface area contributed by atoms with Crippen molar-refractivity contribution >= 4 is 27.4 Å². The number of aliphatic carboxylic acids is 1. The molecule has 0 spiro atoms. The second-order valence-corrected chi connectivity index (χ2v) is 9.90. The maximum absolute atomic E-state index is 12.8. The standard InChI is InChI=1S/C25H27N3O5S/c29-22-8-4-7-21(18-22)28-15-13-27(14-16-28)20-9-11-23(12-10-20)34(32,33)26-24(25(30)31)17-19-5-2-1-3-6-19/h1-12,18,24,26,29H,13-17H2,(H,30,31)/t24-/m0/s1. The minimum Gasteiger partial charge on any atom is -0.508 e. The topological polar surface area (TPSA) is 110 Å². The first-order valence-electron chi connectivity index (χ1n) is 11.0. The largest absolute Gasteiger partial charge is 0.508 e. The van der Waals surface area contributed by atoms with E-state index in [4.69, 9.17) is 0 Å². The van der Waals surface area contributed by atoms with Crippen LogP contribution in [0.5, 0.6) is 5.75 Å². The number of nitrogens with one attached hydrogen (secondary N) is 1. The number of rotatable bonds is 8. The number of carboxylic acid groups (broad SMARTS) is 1. The van der Waals surface area contributed by atoms with Gasteiger partial charge >= 0.3 is 5.97 Å². The van der Waals surface area contributed by atoms with E-state index in [9.17, 15) is 23.4 Å². The normalized spacial score (nSPS) is 15.2. The number of phenols is 1. The molecule has 9 heteroatoms. The van der Waals surface area contributed by atoms with E-state index in [1.54, 1.807) is 48.5 Å². The van der Waals surface area contributed by atoms with E-state index in [0.29, 0.717) is 0 Å². The van der Waals surface area contributed by atoms with Crippen molar-refractivity contribution in [1.29, 1.82) is 0 Å². The monoisotopic (exact) mass is 481 g/mol. The van der Waals surface area contributed by atoms with Crippen LogP contribution in [0.1, 0.15) is 5.56 Å². The molecule has 34 heavy (non-hydrogen) atoms. The molecule has 1 saturated heterocycles. The predicted octanol–water partition coefficient (Wildman–Crippen LogP) is 2.69. The van der Waals surface area contributed by atoms with Gasteiger partial charge in [0.1, 0.15) is 11.8 Å². The number of hydrogen-bond donors (Lipinski definition) is 3. The van der Waals surface area contributed by atoms with Crippen molar-refractivity contribution in [2.24, 2.45) is 0 Å². The van der Waals surface area contributed by atoms with Crippen LogP contribution in [0.25, 0.3) is 0 Å². The van der Waals surface area contributed by atoms with Crippen molar-refractivity contribution in [3.05, 3.63) is 84.4 Å². The lowest BCUT2D eigenvalue weighted by molar-refractivity contribution is -0.138. The summed E-state index contributed by atoms with van der Waals surface area (Å²) in [7, 11) is -4.00. The molecule has 0 bridgehead atoms. The molecular formula is C25H27N3O5S. The van der Waals surface area contributed by atoms with Crippen LogP contribution in [0, 0.1) is 0 Å². The van der Waals surface area contributed by atoms with Crippen molar-refractivity contribution in [3.8, 4) is 5.75 Å². The third kappa shape index (κ3) is 5.67. The first kappa shape index (κ1) is 23.6. The van der Waals surface area contributed by atoms with Crippen molar-refractivity contribution in [2.75, 3.05) is 36.0 Å². The Morgan fingerprint density at radius 1 is 0.853 bits per heavy atom. The first-order chi connectivity index (χ1) is 16.3. The van der Waals surface area contributed by atoms with E-state index in [0.717, 1.165) is 43.1 Å². The summed E-state index contributed by atoms with van der Waals surface area (Å²) >= 11 is 0. The van der Waals surface area contributed by atoms with Gasteiger partial charge in [0.15, 0.2) is 0 Å². The number of nitrogens with zero attached hydrogens (tertiary/aromatic N) is 2. The molecule has 1 heterocycles. The summed E-state index contributed by atoms with van der Waals surface area (Å²) in [6, 6.07) is 21.3. The summed E-state index contributed by atoms with van der Waals surface area (Å²) in [4.78, 5) is 16.0. The van der Waals surface area contributed by atoms with Gasteiger partial charge in [-0.1, -0.05) is 36.4 Å². The highest BCUT2D eigenvalue weighted by atomic mass is 32.2. The molecule has 3 N–H and O–H groups in total. The van der Waals surface area contributed by atoms with Crippen LogP contribution in [0.3, 0.4) is 0 Å². The molecule has 3 aromatic carbocycles. The van der Waals surface area contributed by atoms with Crippen LogP contribution >= 0.6 is 0 Å². The van der Waals surface area contributed by atoms with Gasteiger partial charge in [0.05, 0.1) is 4.90 Å². The molecule has 1 aliphatic rings. The van der Waals surface area contributed by atoms with Crippen LogP contribution in [-0.4, -0.2) is 56.8 Å². The van der Waals surface area contributed by atoms with Crippen LogP contribution in [-0.2, 0) is 21.2 Å². The summed E-state index contributed by atoms with van der Waals surface area (Å²) < 4.78 is 28.0. The maximum atomic E-state index is 12.8. The summed E-state index contributed by atoms with van der Waals surface area (Å²) in [6.45, 7) is 3.03. The van der Waals surface area contributed by atoms with Gasteiger partial charge in [0.25, 0.3) is 0 Å². The Bertz CT molecular complexity index is 1220. The molecule has 8 nitrogen and oxygen atoms in total. The highest BCUT2D eigenvalue weighted by Crippen LogP contribution is 2.24. The average Bonchev–Trinajstić information content (AvgIpc) is 2.84. The van der Waals surface area contributed by atoms with Gasteiger partial charge in [-0.15, -0.1) is 0 Å². The Hall–Kier alpha value is -3.56. The molecule has 0 unspecified atom stereocenters. The molecule has 0 amide bonds. The van der Waals surface area contributed by atoms with Gasteiger partial charge in [0.2, 0.25) is 10.0 Å². The SMILES string of the molecule is O=C(O)[C@H](Cc1ccccc1)NS(=O)(=O)c1ccc(N2CCN(c3cccc(O)c3)CC2)cc1. The fourth-order valence-electron chi connectivity index (χ4n) is 4.03. The molecule has 178 valence electrons. The fourth-order valence-corrected chi connectivity index (χ4v) is 5.22. The molecule has 4 rings (SSSR count). The van der Waals surface area contributed by atoms with Crippen LogP contribution < -0.4 is 14.5 Å². The number of piperazine rings is 1. The summed E-state index contributed by atoms with van der Waals surface area (Å²) in [5.41, 5.74) is 2.60. The number of phenolic OH excluding ortho intramolecular Hbond substituents is 1. The Morgan fingerprint density at radius 3 is 2.06 bits per heavy atom. The Morgan fingerprint density at radius 2 is 1.47 bits per heavy atom. The summed E-state index contributed by atoms with van der Waals surface area (Å²) in [5.74, 6) is -0.993. The van der Waals surface area contributed by atoms with Gasteiger partial charge in [-0.2, -0.15) is 4.72 Å². The van der Waals surface area contributed by atoms with Crippen molar-refractivity contribution < 1.29 is 23.4 Å². The van der Waals surface area contributed by atoms with Crippen molar-refractivity contribution in [2.45, 2.75) is 17.4 Å². The number of hydrogen-bond acceptors (Lipinski definition) is 6. The van der Waals surface area contributed by atoms with Crippen LogP contribution in [0.15, 0.2) is 83.8 Å². The number of benzene rings is 3. The number of carboxylic acids is 1. The van der Waals surface area contributed by atoms with Gasteiger partial charge in [-0.3, -0.25) is 4.79 Å². The third-order valence-corrected chi connectivity index (χ3v) is 7.35. The number of aromatic hydroxyl groups is 1. The third-order valence-electron chi connectivity index (χ3n) is 5.86. The Labute approximate surface area is 199 Å². The molecule has 1 atom stereocenters. The van der Waals surface area contributed by atoms with E-state index in [1.165, 1.54) is 12.1 Å². The zero-order valence-corrected chi connectivity index (χ0v) is 19.4. The van der Waals surface area contributed by atoms with Gasteiger partial charge in [0, 0.05) is 43.6 Å². The number of carbonyl (C=O) groups is 1. The zero-order valence-electron chi connectivity index (χ0n) is 18.5. The minimum absolute atomic E-state index is 0.0222. The Balaban J connectivity index is 1.40. The lowest BCUT2D eigenvalue weighted by atomic mass is 10.1. The molecular weight excluding hydrogens is 454 g/mol. The average molecular weight is 482 g/mol. The summed E-state index contributed by atoms with van der Waals surface area (Å²) in [6.07, 6.45) is 0.0525. The number of sulfonamides is 1. The molecule has 0 saturated carbocycles. The fraction of sp³-hybridized carbons (Fsp3) is 0.240. The highest BCUT2D eigenvalue weighted by Gasteiger charge is 2.26. The van der Waals surface area contributed by atoms with Gasteiger partial charge in [-0.05, 0) is 48.4 Å². The first-order valence-corrected chi connectivity index (χ1v) is 12.5. The van der Waals surface area contributed by atoms with E-state index in [2.05, 4.69) is 14.5 Å². The number of anilines is 2. The van der Waals surface area contributed by atoms with Crippen molar-refractivity contribution in [1.82, 2.24) is 4.72 Å². The van der Waals surface area contributed by atoms with E-state index in [1.807, 2.05) is 18.2 Å². The minimum atomic E-state index is -4.00. The maximum Gasteiger partial charge on any atom is 0.322 e. The molecule has 1 fully saturated rings. The highest BCUT2D eigenvalue weighted by molar-refractivity contribution is 7.89. The smallest absolute Gasteiger partial charge is 0.322 e. The van der Waals surface area contributed by atoms with E-state index >= 15 is 0 Å². The van der Waals surface area contributed by atoms with E-state index < -0.39 is 22.0 Å². The summed E-state index contributed by atoms with van der Waals surface area (Å²) in [5, 5.41) is 19.2. The van der Waals surface area contributed by atoms with Crippen LogP contribution in [0.2, 0.25) is 0 Å². The molecule has 0 radical (unpaired) electrons. The molecule has 0 aromatic heterocycles. The van der Waals surface area contributed by atoms with Gasteiger partial charge < -0.3 is 20.0 Å². The quantitative estimate of drug-likeness (QED) is 0.454. The lowest BCUT2D eigenvalue weighted by Gasteiger charge is -2.37. The molecule has 3 aromatic rings. The van der Waals surface area contributed by atoms with Crippen molar-refractivity contribution in [3.63, 3.8) is 0 Å². The lowest BCUT2D eigenvalue weighted by Crippen LogP contribution is -2.46. The van der Waals surface area contributed by atoms with Gasteiger partial charge in [-0.25, -0.2) is 8.42 Å². The molecule has 1 aliphatic heterocycles. The Kier molecular flexibility index (Phi) is 7.04. The van der Waals surface area contributed by atoms with E-state index in [-0.39, 0.29) is 17.1 Å². The second kappa shape index (κ2) is 10.1. The van der Waals surface area contributed by atoms with Crippen LogP contribution in [0.4, 0.5) is 11.4 Å². The zero-order chi connectivity index (χ0) is 24.1. The molecule has 0 aliphatic carbocycles. The predicted molar refractivity (Wildman–Crippen MR) is 131 cm³/mol.